The third-order valence-corrected chi connectivity index (χ3v) is 3.78. The van der Waals surface area contributed by atoms with Crippen LogP contribution in [-0.2, 0) is 4.74 Å². The van der Waals surface area contributed by atoms with Crippen LogP contribution in [0.15, 0.2) is 18.2 Å². The molecule has 16 heavy (non-hydrogen) atoms. The number of ether oxygens (including phenoxy) is 1. The van der Waals surface area contributed by atoms with Gasteiger partial charge in [-0.15, -0.1) is 0 Å². The van der Waals surface area contributed by atoms with Crippen molar-refractivity contribution in [3.8, 4) is 0 Å². The quantitative estimate of drug-likeness (QED) is 0.658. The van der Waals surface area contributed by atoms with Gasteiger partial charge >= 0.3 is 0 Å². The van der Waals surface area contributed by atoms with E-state index in [9.17, 15) is 0 Å². The molecular weight excluding hydrogens is 315 g/mol. The molecule has 1 aromatic carbocycles. The molecule has 1 fully saturated rings. The molecule has 1 aromatic rings. The molecule has 1 unspecified atom stereocenters. The van der Waals surface area contributed by atoms with Crippen LogP contribution in [0.5, 0.6) is 0 Å². The molecule has 0 aliphatic carbocycles. The highest BCUT2D eigenvalue weighted by Gasteiger charge is 2.14. The third kappa shape index (κ3) is 3.25. The summed E-state index contributed by atoms with van der Waals surface area (Å²) in [6, 6.07) is 5.97. The van der Waals surface area contributed by atoms with Gasteiger partial charge in [0, 0.05) is 34.7 Å². The monoisotopic (exact) mass is 332 g/mol. The summed E-state index contributed by atoms with van der Waals surface area (Å²) < 4.78 is 6.53. The summed E-state index contributed by atoms with van der Waals surface area (Å²) in [6.45, 7) is 2.87. The first-order valence-corrected chi connectivity index (χ1v) is 6.70. The predicted octanol–water partition coefficient (Wildman–Crippen LogP) is 2.71. The Hall–Kier alpha value is -0.490. The highest BCUT2D eigenvalue weighted by molar-refractivity contribution is 14.1. The molecule has 2 rings (SSSR count). The van der Waals surface area contributed by atoms with Crippen molar-refractivity contribution in [3.05, 3.63) is 21.8 Å². The van der Waals surface area contributed by atoms with Crippen molar-refractivity contribution in [1.29, 1.82) is 0 Å². The molecule has 1 heterocycles. The van der Waals surface area contributed by atoms with Gasteiger partial charge in [-0.2, -0.15) is 0 Å². The van der Waals surface area contributed by atoms with Gasteiger partial charge in [0.25, 0.3) is 0 Å². The Labute approximate surface area is 110 Å². The zero-order valence-electron chi connectivity index (χ0n) is 9.21. The summed E-state index contributed by atoms with van der Waals surface area (Å²) in [5.41, 5.74) is 7.70. The zero-order valence-corrected chi connectivity index (χ0v) is 11.4. The van der Waals surface area contributed by atoms with Crippen LogP contribution in [-0.4, -0.2) is 19.8 Å². The summed E-state index contributed by atoms with van der Waals surface area (Å²) in [5, 5.41) is 3.45. The molecule has 3 N–H and O–H groups in total. The molecule has 0 saturated carbocycles. The van der Waals surface area contributed by atoms with E-state index in [0.717, 1.165) is 31.4 Å². The van der Waals surface area contributed by atoms with E-state index in [2.05, 4.69) is 27.9 Å². The summed E-state index contributed by atoms with van der Waals surface area (Å²) in [6.07, 6.45) is 2.39. The molecule has 1 aliphatic rings. The maximum atomic E-state index is 5.71. The Morgan fingerprint density at radius 2 is 2.38 bits per heavy atom. The topological polar surface area (TPSA) is 47.3 Å². The van der Waals surface area contributed by atoms with Crippen molar-refractivity contribution in [2.75, 3.05) is 30.8 Å². The van der Waals surface area contributed by atoms with Gasteiger partial charge in [-0.25, -0.2) is 0 Å². The van der Waals surface area contributed by atoms with Gasteiger partial charge < -0.3 is 15.8 Å². The molecule has 1 saturated heterocycles. The van der Waals surface area contributed by atoms with Crippen LogP contribution in [0.4, 0.5) is 11.4 Å². The van der Waals surface area contributed by atoms with Gasteiger partial charge in [0.05, 0.1) is 0 Å². The van der Waals surface area contributed by atoms with Crippen LogP contribution in [0.1, 0.15) is 12.8 Å². The van der Waals surface area contributed by atoms with Crippen LogP contribution in [0.2, 0.25) is 0 Å². The highest BCUT2D eigenvalue weighted by atomic mass is 127. The molecule has 4 heteroatoms. The minimum Gasteiger partial charge on any atom is -0.399 e. The minimum absolute atomic E-state index is 0.735. The lowest BCUT2D eigenvalue weighted by Crippen LogP contribution is -2.09. The van der Waals surface area contributed by atoms with Gasteiger partial charge in [0.2, 0.25) is 0 Å². The number of rotatable bonds is 4. The number of halogens is 1. The first kappa shape index (κ1) is 12.0. The van der Waals surface area contributed by atoms with Crippen LogP contribution in [0.25, 0.3) is 0 Å². The maximum Gasteiger partial charge on any atom is 0.0495 e. The fourth-order valence-corrected chi connectivity index (χ4v) is 2.63. The van der Waals surface area contributed by atoms with E-state index in [1.165, 1.54) is 22.1 Å². The number of nitrogens with two attached hydrogens (primary N) is 1. The SMILES string of the molecule is Nc1ccc(NCCC2CCOC2)c(I)c1. The number of hydrogen-bond acceptors (Lipinski definition) is 3. The molecule has 1 atom stereocenters. The summed E-state index contributed by atoms with van der Waals surface area (Å²) in [4.78, 5) is 0. The standard InChI is InChI=1S/C12H17IN2O/c13-11-7-10(14)1-2-12(11)15-5-3-9-4-6-16-8-9/h1-2,7,9,15H,3-6,8,14H2. The second-order valence-corrected chi connectivity index (χ2v) is 5.35. The van der Waals surface area contributed by atoms with Crippen molar-refractivity contribution in [3.63, 3.8) is 0 Å². The van der Waals surface area contributed by atoms with Crippen molar-refractivity contribution < 1.29 is 4.74 Å². The van der Waals surface area contributed by atoms with E-state index < -0.39 is 0 Å². The van der Waals surface area contributed by atoms with Gasteiger partial charge in [-0.1, -0.05) is 0 Å². The van der Waals surface area contributed by atoms with E-state index in [1.54, 1.807) is 0 Å². The second kappa shape index (κ2) is 5.72. The maximum absolute atomic E-state index is 5.71. The number of nitrogens with one attached hydrogen (secondary N) is 1. The zero-order chi connectivity index (χ0) is 11.4. The molecule has 1 aliphatic heterocycles. The molecule has 0 amide bonds. The Balaban J connectivity index is 1.80. The van der Waals surface area contributed by atoms with E-state index in [0.29, 0.717) is 0 Å². The largest absolute Gasteiger partial charge is 0.399 e. The average molecular weight is 332 g/mol. The number of nitrogen functional groups attached to an aromatic ring is 1. The number of anilines is 2. The Kier molecular flexibility index (Phi) is 4.29. The van der Waals surface area contributed by atoms with Gasteiger partial charge in [-0.3, -0.25) is 0 Å². The lowest BCUT2D eigenvalue weighted by molar-refractivity contribution is 0.185. The third-order valence-electron chi connectivity index (χ3n) is 2.89. The first-order chi connectivity index (χ1) is 7.75. The van der Waals surface area contributed by atoms with Crippen LogP contribution >= 0.6 is 22.6 Å². The van der Waals surface area contributed by atoms with Crippen molar-refractivity contribution in [1.82, 2.24) is 0 Å². The Bertz CT molecular complexity index is 351. The fourth-order valence-electron chi connectivity index (χ4n) is 1.90. The normalized spacial score (nSPS) is 19.9. The molecule has 0 spiro atoms. The summed E-state index contributed by atoms with van der Waals surface area (Å²) >= 11 is 2.31. The Morgan fingerprint density at radius 3 is 3.06 bits per heavy atom. The van der Waals surface area contributed by atoms with E-state index in [-0.39, 0.29) is 0 Å². The number of hydrogen-bond donors (Lipinski definition) is 2. The summed E-state index contributed by atoms with van der Waals surface area (Å²) in [7, 11) is 0. The van der Waals surface area contributed by atoms with E-state index in [4.69, 9.17) is 10.5 Å². The predicted molar refractivity (Wildman–Crippen MR) is 75.6 cm³/mol. The first-order valence-electron chi connectivity index (χ1n) is 5.62. The molecular formula is C12H17IN2O. The second-order valence-electron chi connectivity index (χ2n) is 4.18. The van der Waals surface area contributed by atoms with Crippen molar-refractivity contribution >= 4 is 34.0 Å². The van der Waals surface area contributed by atoms with Gasteiger partial charge in [-0.05, 0) is 59.5 Å². The van der Waals surface area contributed by atoms with Crippen molar-refractivity contribution in [2.45, 2.75) is 12.8 Å². The van der Waals surface area contributed by atoms with Crippen LogP contribution < -0.4 is 11.1 Å². The Morgan fingerprint density at radius 1 is 1.50 bits per heavy atom. The molecule has 0 aromatic heterocycles. The number of benzene rings is 1. The average Bonchev–Trinajstić information content (AvgIpc) is 2.74. The van der Waals surface area contributed by atoms with Gasteiger partial charge in [0.15, 0.2) is 0 Å². The molecule has 3 nitrogen and oxygen atoms in total. The van der Waals surface area contributed by atoms with Gasteiger partial charge in [0.1, 0.15) is 0 Å². The lowest BCUT2D eigenvalue weighted by Gasteiger charge is -2.11. The van der Waals surface area contributed by atoms with Crippen molar-refractivity contribution in [2.24, 2.45) is 5.92 Å². The molecule has 0 bridgehead atoms. The lowest BCUT2D eigenvalue weighted by atomic mass is 10.1. The molecule has 88 valence electrons. The fraction of sp³-hybridized carbons (Fsp3) is 0.500. The van der Waals surface area contributed by atoms with Crippen LogP contribution in [0.3, 0.4) is 0 Å². The minimum atomic E-state index is 0.735. The smallest absolute Gasteiger partial charge is 0.0495 e. The van der Waals surface area contributed by atoms with E-state index in [1.807, 2.05) is 18.2 Å². The summed E-state index contributed by atoms with van der Waals surface area (Å²) in [5.74, 6) is 0.735. The molecule has 0 radical (unpaired) electrons. The van der Waals surface area contributed by atoms with Crippen LogP contribution in [0, 0.1) is 9.49 Å². The van der Waals surface area contributed by atoms with E-state index >= 15 is 0 Å². The highest BCUT2D eigenvalue weighted by Crippen LogP contribution is 2.22.